The first-order chi connectivity index (χ1) is 10.1. The molecule has 0 saturated carbocycles. The van der Waals surface area contributed by atoms with Gasteiger partial charge in [0, 0.05) is 0 Å². The summed E-state index contributed by atoms with van der Waals surface area (Å²) in [6.45, 7) is 1.90. The largest absolute Gasteiger partial charge is 1.00 e. The Labute approximate surface area is 141 Å². The molecule has 0 aliphatic heterocycles. The summed E-state index contributed by atoms with van der Waals surface area (Å²) in [5, 5.41) is 7.30. The average molecular weight is 305 g/mol. The molecule has 0 N–H and O–H groups in total. The van der Waals surface area contributed by atoms with Crippen LogP contribution in [-0.4, -0.2) is 22.8 Å². The quantitative estimate of drug-likeness (QED) is 0.474. The van der Waals surface area contributed by atoms with Crippen LogP contribution in [0.4, 0.5) is 0 Å². The third-order valence-electron chi connectivity index (χ3n) is 3.07. The molecule has 0 spiro atoms. The number of aryl methyl sites for hydroxylation is 1. The summed E-state index contributed by atoms with van der Waals surface area (Å²) in [7, 11) is -3.78. The van der Waals surface area contributed by atoms with E-state index < -0.39 is 10.0 Å². The topological polar surface area (TPSA) is 64.8 Å². The van der Waals surface area contributed by atoms with Gasteiger partial charge in [-0.3, -0.25) is 0 Å². The van der Waals surface area contributed by atoms with E-state index in [2.05, 4.69) is 16.5 Å². The fourth-order valence-electron chi connectivity index (χ4n) is 1.95. The van der Waals surface area contributed by atoms with Crippen molar-refractivity contribution in [1.82, 2.24) is 14.4 Å². The van der Waals surface area contributed by atoms with Gasteiger partial charge in [0.05, 0.1) is 4.90 Å². The SMILES string of the molecule is Cc1ccc(S(=O)(=O)n2nn[c-]c2-c2ccccc2)cc1.[Li+]. The van der Waals surface area contributed by atoms with Crippen LogP contribution in [0.15, 0.2) is 59.5 Å². The van der Waals surface area contributed by atoms with Gasteiger partial charge in [0.15, 0.2) is 0 Å². The number of nitrogens with zero attached hydrogens (tertiary/aromatic N) is 3. The Hall–Kier alpha value is -1.87. The molecule has 1 aromatic heterocycles. The third kappa shape index (κ3) is 3.00. The molecule has 7 heteroatoms. The molecular weight excluding hydrogens is 293 g/mol. The molecule has 0 saturated heterocycles. The Kier molecular flexibility index (Phi) is 4.86. The number of benzene rings is 2. The summed E-state index contributed by atoms with van der Waals surface area (Å²) < 4.78 is 26.2. The molecule has 0 radical (unpaired) electrons. The van der Waals surface area contributed by atoms with Crippen molar-refractivity contribution in [3.8, 4) is 11.3 Å². The van der Waals surface area contributed by atoms with Crippen molar-refractivity contribution in [3.05, 3.63) is 66.4 Å². The Morgan fingerprint density at radius 1 is 1.00 bits per heavy atom. The molecule has 0 fully saturated rings. The Balaban J connectivity index is 0.00000176. The average Bonchev–Trinajstić information content (AvgIpc) is 2.99. The van der Waals surface area contributed by atoms with Crippen LogP contribution in [0, 0.1) is 13.1 Å². The van der Waals surface area contributed by atoms with Gasteiger partial charge >= 0.3 is 18.9 Å². The van der Waals surface area contributed by atoms with Crippen molar-refractivity contribution >= 4 is 10.0 Å². The van der Waals surface area contributed by atoms with Gasteiger partial charge in [-0.05, 0) is 19.1 Å². The van der Waals surface area contributed by atoms with Crippen LogP contribution in [0.5, 0.6) is 0 Å². The van der Waals surface area contributed by atoms with E-state index in [4.69, 9.17) is 0 Å². The molecule has 0 aliphatic rings. The first-order valence-corrected chi connectivity index (χ1v) is 7.74. The van der Waals surface area contributed by atoms with Crippen molar-refractivity contribution in [2.75, 3.05) is 0 Å². The summed E-state index contributed by atoms with van der Waals surface area (Å²) in [6, 6.07) is 15.7. The second kappa shape index (κ2) is 6.49. The summed E-state index contributed by atoms with van der Waals surface area (Å²) in [5.74, 6) is 0. The van der Waals surface area contributed by atoms with Crippen molar-refractivity contribution < 1.29 is 27.3 Å². The fraction of sp³-hybridized carbons (Fsp3) is 0.0667. The molecule has 0 atom stereocenters. The van der Waals surface area contributed by atoms with E-state index in [0.29, 0.717) is 11.3 Å². The van der Waals surface area contributed by atoms with Gasteiger partial charge in [-0.25, -0.2) is 5.10 Å². The molecular formula is C15H12LiN3O2S. The minimum atomic E-state index is -3.78. The zero-order chi connectivity index (χ0) is 14.9. The monoisotopic (exact) mass is 305 g/mol. The zero-order valence-electron chi connectivity index (χ0n) is 12.3. The summed E-state index contributed by atoms with van der Waals surface area (Å²) >= 11 is 0. The van der Waals surface area contributed by atoms with Crippen LogP contribution >= 0.6 is 0 Å². The van der Waals surface area contributed by atoms with Gasteiger partial charge in [-0.2, -0.15) is 12.5 Å². The minimum Gasteiger partial charge on any atom is -0.245 e. The molecule has 106 valence electrons. The molecule has 0 bridgehead atoms. The normalized spacial score (nSPS) is 11.0. The van der Waals surface area contributed by atoms with Crippen molar-refractivity contribution in [3.63, 3.8) is 0 Å². The first-order valence-electron chi connectivity index (χ1n) is 6.30. The van der Waals surface area contributed by atoms with Crippen molar-refractivity contribution in [2.24, 2.45) is 0 Å². The van der Waals surface area contributed by atoms with Crippen molar-refractivity contribution in [2.45, 2.75) is 11.8 Å². The van der Waals surface area contributed by atoms with Crippen LogP contribution in [0.2, 0.25) is 0 Å². The van der Waals surface area contributed by atoms with Gasteiger partial charge in [0.25, 0.3) is 10.0 Å². The van der Waals surface area contributed by atoms with E-state index >= 15 is 0 Å². The maximum atomic E-state index is 12.6. The molecule has 0 unspecified atom stereocenters. The van der Waals surface area contributed by atoms with E-state index in [1.54, 1.807) is 36.4 Å². The van der Waals surface area contributed by atoms with E-state index in [0.717, 1.165) is 9.65 Å². The number of hydrogen-bond acceptors (Lipinski definition) is 4. The summed E-state index contributed by atoms with van der Waals surface area (Å²) in [6.07, 6.45) is 2.63. The predicted molar refractivity (Wildman–Crippen MR) is 78.1 cm³/mol. The second-order valence-corrected chi connectivity index (χ2v) is 6.34. The minimum absolute atomic E-state index is 0. The maximum absolute atomic E-state index is 12.6. The molecule has 22 heavy (non-hydrogen) atoms. The molecule has 5 nitrogen and oxygen atoms in total. The molecule has 1 heterocycles. The van der Waals surface area contributed by atoms with E-state index in [1.807, 2.05) is 25.1 Å². The molecule has 2 aromatic carbocycles. The van der Waals surface area contributed by atoms with Gasteiger partial charge < -0.3 is 0 Å². The van der Waals surface area contributed by atoms with Crippen LogP contribution in [0.1, 0.15) is 5.56 Å². The van der Waals surface area contributed by atoms with Crippen LogP contribution in [0.3, 0.4) is 0 Å². The standard InChI is InChI=1S/C15H12N3O2S.Li/c1-12-7-9-14(10-8-12)21(19,20)18-15(11-16-17-18)13-5-3-2-4-6-13;/h2-10H,1H3;/q-1;+1. The van der Waals surface area contributed by atoms with E-state index in [1.165, 1.54) is 0 Å². The number of aromatic nitrogens is 3. The van der Waals surface area contributed by atoms with Gasteiger partial charge in [0.2, 0.25) is 0 Å². The van der Waals surface area contributed by atoms with Gasteiger partial charge in [-0.1, -0.05) is 53.0 Å². The first kappa shape index (κ1) is 16.5. The Morgan fingerprint density at radius 2 is 1.64 bits per heavy atom. The van der Waals surface area contributed by atoms with Crippen molar-refractivity contribution in [1.29, 1.82) is 0 Å². The van der Waals surface area contributed by atoms with Gasteiger partial charge in [0.1, 0.15) is 0 Å². The smallest absolute Gasteiger partial charge is 0.245 e. The molecule has 3 aromatic rings. The molecule has 3 rings (SSSR count). The Morgan fingerprint density at radius 3 is 2.27 bits per heavy atom. The molecule has 0 aliphatic carbocycles. The van der Waals surface area contributed by atoms with Crippen LogP contribution in [-0.2, 0) is 10.0 Å². The Bertz CT molecular complexity index is 859. The summed E-state index contributed by atoms with van der Waals surface area (Å²) in [5.41, 5.74) is 2.00. The van der Waals surface area contributed by atoms with Crippen LogP contribution < -0.4 is 18.9 Å². The fourth-order valence-corrected chi connectivity index (χ4v) is 3.15. The number of rotatable bonds is 3. The predicted octanol–water partition coefficient (Wildman–Crippen LogP) is -0.705. The van der Waals surface area contributed by atoms with Gasteiger partial charge in [-0.15, -0.1) is 17.7 Å². The van der Waals surface area contributed by atoms with E-state index in [-0.39, 0.29) is 23.8 Å². The molecule has 0 amide bonds. The number of hydrogen-bond donors (Lipinski definition) is 0. The zero-order valence-corrected chi connectivity index (χ0v) is 13.1. The second-order valence-electron chi connectivity index (χ2n) is 4.58. The maximum Gasteiger partial charge on any atom is 1.00 e. The van der Waals surface area contributed by atoms with E-state index in [9.17, 15) is 8.42 Å². The summed E-state index contributed by atoms with van der Waals surface area (Å²) in [4.78, 5) is 0.171. The van der Waals surface area contributed by atoms with Crippen LogP contribution in [0.25, 0.3) is 11.3 Å². The third-order valence-corrected chi connectivity index (χ3v) is 4.65.